The van der Waals surface area contributed by atoms with Crippen molar-refractivity contribution in [2.75, 3.05) is 17.4 Å². The third-order valence-electron chi connectivity index (χ3n) is 1.92. The van der Waals surface area contributed by atoms with Gasteiger partial charge in [0.25, 0.3) is 0 Å². The van der Waals surface area contributed by atoms with E-state index < -0.39 is 9.84 Å². The van der Waals surface area contributed by atoms with Gasteiger partial charge in [-0.2, -0.15) is 0 Å². The Morgan fingerprint density at radius 3 is 2.50 bits per heavy atom. The second kappa shape index (κ2) is 7.30. The zero-order valence-electron chi connectivity index (χ0n) is 8.92. The average Bonchev–Trinajstić information content (AvgIpc) is 2.11. The molecule has 0 aliphatic rings. The van der Waals surface area contributed by atoms with E-state index in [9.17, 15) is 8.42 Å². The number of sulfone groups is 1. The molecule has 0 fully saturated rings. The second-order valence-electron chi connectivity index (χ2n) is 3.43. The van der Waals surface area contributed by atoms with Gasteiger partial charge in [0, 0.05) is 11.6 Å². The van der Waals surface area contributed by atoms with E-state index in [1.807, 2.05) is 19.9 Å². The smallest absolute Gasteiger partial charge is 0.150 e. The fourth-order valence-electron chi connectivity index (χ4n) is 1.13. The van der Waals surface area contributed by atoms with Crippen molar-refractivity contribution in [3.05, 3.63) is 11.6 Å². The van der Waals surface area contributed by atoms with Crippen LogP contribution in [0.25, 0.3) is 0 Å². The molecule has 14 heavy (non-hydrogen) atoms. The van der Waals surface area contributed by atoms with Crippen LogP contribution in [0.1, 0.15) is 33.1 Å². The maximum Gasteiger partial charge on any atom is 0.150 e. The molecule has 0 atom stereocenters. The van der Waals surface area contributed by atoms with Crippen LogP contribution in [0.2, 0.25) is 0 Å². The molecular formula is C10H19ClO2S. The first-order valence-corrected chi connectivity index (χ1v) is 7.29. The molecule has 0 N–H and O–H groups in total. The van der Waals surface area contributed by atoms with Gasteiger partial charge >= 0.3 is 0 Å². The Kier molecular flexibility index (Phi) is 7.28. The first-order valence-electron chi connectivity index (χ1n) is 4.94. The summed E-state index contributed by atoms with van der Waals surface area (Å²) in [6.45, 7) is 3.84. The highest BCUT2D eigenvalue weighted by Crippen LogP contribution is 2.06. The third kappa shape index (κ3) is 7.39. The Morgan fingerprint density at radius 1 is 1.36 bits per heavy atom. The maximum atomic E-state index is 11.4. The third-order valence-corrected chi connectivity index (χ3v) is 4.00. The molecule has 0 unspecified atom stereocenters. The molecule has 0 amide bonds. The molecule has 0 spiro atoms. The predicted octanol–water partition coefficient (Wildman–Crippen LogP) is 2.78. The van der Waals surface area contributed by atoms with Crippen molar-refractivity contribution in [1.29, 1.82) is 0 Å². The van der Waals surface area contributed by atoms with Crippen LogP contribution in [-0.4, -0.2) is 25.8 Å². The lowest BCUT2D eigenvalue weighted by Gasteiger charge is -2.02. The Hall–Kier alpha value is -0.0200. The van der Waals surface area contributed by atoms with Crippen LogP contribution in [0.4, 0.5) is 0 Å². The van der Waals surface area contributed by atoms with E-state index in [4.69, 9.17) is 11.6 Å². The summed E-state index contributed by atoms with van der Waals surface area (Å²) in [5.74, 6) is 1.17. The van der Waals surface area contributed by atoms with E-state index in [1.165, 1.54) is 0 Å². The molecule has 4 heteroatoms. The van der Waals surface area contributed by atoms with E-state index in [0.29, 0.717) is 24.5 Å². The standard InChI is InChI=1S/C10H19ClO2S/c1-3-8-14(12,13)9-6-10(2)5-4-7-11/h5H,3-4,6-9H2,1-2H3. The van der Waals surface area contributed by atoms with Crippen molar-refractivity contribution in [2.24, 2.45) is 0 Å². The minimum atomic E-state index is -2.83. The summed E-state index contributed by atoms with van der Waals surface area (Å²) < 4.78 is 22.7. The summed E-state index contributed by atoms with van der Waals surface area (Å²) in [6.07, 6.45) is 4.17. The molecule has 0 aromatic carbocycles. The molecule has 0 aliphatic heterocycles. The van der Waals surface area contributed by atoms with Gasteiger partial charge in [-0.1, -0.05) is 18.6 Å². The molecule has 0 radical (unpaired) electrons. The molecule has 0 bridgehead atoms. The number of alkyl halides is 1. The molecule has 0 aliphatic carbocycles. The molecule has 0 aromatic heterocycles. The highest BCUT2D eigenvalue weighted by Gasteiger charge is 2.08. The van der Waals surface area contributed by atoms with Gasteiger partial charge in [0.05, 0.1) is 5.75 Å². The van der Waals surface area contributed by atoms with Crippen molar-refractivity contribution in [3.63, 3.8) is 0 Å². The van der Waals surface area contributed by atoms with Gasteiger partial charge in [0.15, 0.2) is 9.84 Å². The minimum absolute atomic E-state index is 0.269. The number of hydrogen-bond acceptors (Lipinski definition) is 2. The van der Waals surface area contributed by atoms with Crippen LogP contribution < -0.4 is 0 Å². The number of halogens is 1. The van der Waals surface area contributed by atoms with Crippen LogP contribution in [0.15, 0.2) is 11.6 Å². The summed E-state index contributed by atoms with van der Waals surface area (Å²) in [5.41, 5.74) is 1.12. The van der Waals surface area contributed by atoms with Gasteiger partial charge < -0.3 is 0 Å². The monoisotopic (exact) mass is 238 g/mol. The summed E-state index contributed by atoms with van der Waals surface area (Å²) in [7, 11) is -2.83. The van der Waals surface area contributed by atoms with E-state index in [1.54, 1.807) is 0 Å². The lowest BCUT2D eigenvalue weighted by atomic mass is 10.2. The van der Waals surface area contributed by atoms with Crippen molar-refractivity contribution < 1.29 is 8.42 Å². The summed E-state index contributed by atoms with van der Waals surface area (Å²) in [6, 6.07) is 0. The molecule has 0 heterocycles. The Balaban J connectivity index is 3.93. The van der Waals surface area contributed by atoms with Gasteiger partial charge in [-0.15, -0.1) is 11.6 Å². The molecule has 0 saturated carbocycles. The largest absolute Gasteiger partial charge is 0.229 e. The first kappa shape index (κ1) is 14.0. The number of rotatable bonds is 7. The highest BCUT2D eigenvalue weighted by atomic mass is 35.5. The van der Waals surface area contributed by atoms with Crippen LogP contribution in [0.3, 0.4) is 0 Å². The first-order chi connectivity index (χ1) is 6.52. The molecule has 84 valence electrons. The van der Waals surface area contributed by atoms with Crippen molar-refractivity contribution in [2.45, 2.75) is 33.1 Å². The van der Waals surface area contributed by atoms with Gasteiger partial charge in [-0.25, -0.2) is 8.42 Å². The van der Waals surface area contributed by atoms with Gasteiger partial charge in [0.2, 0.25) is 0 Å². The predicted molar refractivity (Wildman–Crippen MR) is 62.7 cm³/mol. The van der Waals surface area contributed by atoms with Crippen molar-refractivity contribution in [1.82, 2.24) is 0 Å². The quantitative estimate of drug-likeness (QED) is 0.505. The zero-order chi connectivity index (χ0) is 11.0. The number of hydrogen-bond donors (Lipinski definition) is 0. The topological polar surface area (TPSA) is 34.1 Å². The van der Waals surface area contributed by atoms with E-state index >= 15 is 0 Å². The SMILES string of the molecule is CCCS(=O)(=O)CCC(C)=CCCCl. The Bertz CT molecular complexity index is 268. The number of allylic oxidation sites excluding steroid dienone is 2. The summed E-state index contributed by atoms with van der Waals surface area (Å²) in [5, 5.41) is 0. The zero-order valence-corrected chi connectivity index (χ0v) is 10.5. The highest BCUT2D eigenvalue weighted by molar-refractivity contribution is 7.91. The average molecular weight is 239 g/mol. The van der Waals surface area contributed by atoms with Crippen molar-refractivity contribution in [3.8, 4) is 0 Å². The molecule has 0 saturated heterocycles. The lowest BCUT2D eigenvalue weighted by Crippen LogP contribution is -2.10. The van der Waals surface area contributed by atoms with E-state index in [0.717, 1.165) is 12.0 Å². The normalized spacial score (nSPS) is 13.2. The molecular weight excluding hydrogens is 220 g/mol. The molecule has 0 aromatic rings. The van der Waals surface area contributed by atoms with Crippen LogP contribution >= 0.6 is 11.6 Å². The maximum absolute atomic E-state index is 11.4. The fourth-order valence-corrected chi connectivity index (χ4v) is 2.70. The van der Waals surface area contributed by atoms with E-state index in [-0.39, 0.29) is 5.75 Å². The molecule has 0 rings (SSSR count). The summed E-state index contributed by atoms with van der Waals surface area (Å²) in [4.78, 5) is 0. The lowest BCUT2D eigenvalue weighted by molar-refractivity contribution is 0.594. The van der Waals surface area contributed by atoms with Gasteiger partial charge in [0.1, 0.15) is 0 Å². The Labute approximate surface area is 92.3 Å². The van der Waals surface area contributed by atoms with Gasteiger partial charge in [-0.3, -0.25) is 0 Å². The van der Waals surface area contributed by atoms with Crippen LogP contribution in [0, 0.1) is 0 Å². The van der Waals surface area contributed by atoms with Crippen molar-refractivity contribution >= 4 is 21.4 Å². The fraction of sp³-hybridized carbons (Fsp3) is 0.800. The van der Waals surface area contributed by atoms with E-state index in [2.05, 4.69) is 0 Å². The van der Waals surface area contributed by atoms with Gasteiger partial charge in [-0.05, 0) is 26.2 Å². The second-order valence-corrected chi connectivity index (χ2v) is 6.11. The van der Waals surface area contributed by atoms with Crippen LogP contribution in [-0.2, 0) is 9.84 Å². The Morgan fingerprint density at radius 2 is 2.00 bits per heavy atom. The minimum Gasteiger partial charge on any atom is -0.229 e. The van der Waals surface area contributed by atoms with Crippen LogP contribution in [0.5, 0.6) is 0 Å². The molecule has 2 nitrogen and oxygen atoms in total. The summed E-state index contributed by atoms with van der Waals surface area (Å²) >= 11 is 5.52.